The molecule has 0 aromatic heterocycles. The monoisotopic (exact) mass is 163 g/mol. The second-order valence-electron chi connectivity index (χ2n) is 2.71. The van der Waals surface area contributed by atoms with E-state index in [2.05, 4.69) is 5.32 Å². The summed E-state index contributed by atoms with van der Waals surface area (Å²) in [4.78, 5) is 10.1. The normalized spacial score (nSPS) is 12.4. The first-order valence-electron chi connectivity index (χ1n) is 4.06. The molecule has 0 saturated carbocycles. The van der Waals surface area contributed by atoms with Gasteiger partial charge in [-0.05, 0) is 12.5 Å². The zero-order valence-corrected chi connectivity index (χ0v) is 7.16. The number of rotatable bonds is 4. The van der Waals surface area contributed by atoms with E-state index in [1.807, 2.05) is 37.3 Å². The highest BCUT2D eigenvalue weighted by Gasteiger charge is 2.01. The Labute approximate surface area is 72.6 Å². The number of nitrogens with one attached hydrogen (secondary N) is 1. The van der Waals surface area contributed by atoms with Crippen LogP contribution in [0.5, 0.6) is 0 Å². The standard InChI is InChI=1S/C10H13NO/c1-9(11-7-8-12)10-5-3-2-4-6-10/h2-6,8-9,11H,7H2,1H3/t9-/m1/s1. The zero-order chi connectivity index (χ0) is 8.81. The van der Waals surface area contributed by atoms with E-state index in [-0.39, 0.29) is 6.04 Å². The highest BCUT2D eigenvalue weighted by Crippen LogP contribution is 2.09. The van der Waals surface area contributed by atoms with Crippen LogP contribution in [0.1, 0.15) is 18.5 Å². The van der Waals surface area contributed by atoms with Crippen LogP contribution in [-0.4, -0.2) is 12.8 Å². The fraction of sp³-hybridized carbons (Fsp3) is 0.300. The second-order valence-corrected chi connectivity index (χ2v) is 2.71. The highest BCUT2D eigenvalue weighted by atomic mass is 16.1. The van der Waals surface area contributed by atoms with Crippen molar-refractivity contribution in [3.8, 4) is 0 Å². The average Bonchev–Trinajstić information content (AvgIpc) is 2.15. The van der Waals surface area contributed by atoms with Crippen LogP contribution >= 0.6 is 0 Å². The van der Waals surface area contributed by atoms with Crippen LogP contribution in [-0.2, 0) is 4.79 Å². The summed E-state index contributed by atoms with van der Waals surface area (Å²) in [6, 6.07) is 10.3. The number of carbonyl (C=O) groups excluding carboxylic acids is 1. The molecule has 64 valence electrons. The molecule has 1 rings (SSSR count). The summed E-state index contributed by atoms with van der Waals surface area (Å²) in [5.41, 5.74) is 1.21. The van der Waals surface area contributed by atoms with E-state index in [4.69, 9.17) is 0 Å². The molecule has 0 spiro atoms. The van der Waals surface area contributed by atoms with Gasteiger partial charge in [-0.1, -0.05) is 30.3 Å². The van der Waals surface area contributed by atoms with Crippen LogP contribution in [0, 0.1) is 0 Å². The molecule has 2 nitrogen and oxygen atoms in total. The molecule has 0 amide bonds. The van der Waals surface area contributed by atoms with Crippen LogP contribution in [0.25, 0.3) is 0 Å². The van der Waals surface area contributed by atoms with Crippen molar-refractivity contribution < 1.29 is 4.79 Å². The second kappa shape index (κ2) is 4.67. The minimum Gasteiger partial charge on any atom is -0.304 e. The molecule has 0 aliphatic heterocycles. The molecule has 12 heavy (non-hydrogen) atoms. The number of benzene rings is 1. The Bertz CT molecular complexity index is 233. The Morgan fingerprint density at radius 1 is 1.42 bits per heavy atom. The van der Waals surface area contributed by atoms with E-state index < -0.39 is 0 Å². The summed E-state index contributed by atoms with van der Waals surface area (Å²) in [6.45, 7) is 2.45. The summed E-state index contributed by atoms with van der Waals surface area (Å²) in [5, 5.41) is 3.08. The highest BCUT2D eigenvalue weighted by molar-refractivity contribution is 5.52. The van der Waals surface area contributed by atoms with E-state index in [1.54, 1.807) is 0 Å². The van der Waals surface area contributed by atoms with Gasteiger partial charge in [0.25, 0.3) is 0 Å². The van der Waals surface area contributed by atoms with Gasteiger partial charge < -0.3 is 10.1 Å². The molecule has 0 aliphatic rings. The number of hydrogen-bond donors (Lipinski definition) is 1. The molecule has 2 heteroatoms. The van der Waals surface area contributed by atoms with Gasteiger partial charge in [-0.25, -0.2) is 0 Å². The lowest BCUT2D eigenvalue weighted by atomic mass is 10.1. The zero-order valence-electron chi connectivity index (χ0n) is 7.16. The molecule has 1 atom stereocenters. The Balaban J connectivity index is 2.53. The van der Waals surface area contributed by atoms with Crippen LogP contribution in [0.2, 0.25) is 0 Å². The molecule has 0 fully saturated rings. The maximum Gasteiger partial charge on any atom is 0.133 e. The van der Waals surface area contributed by atoms with Crippen molar-refractivity contribution in [3.63, 3.8) is 0 Å². The fourth-order valence-corrected chi connectivity index (χ4v) is 1.08. The Kier molecular flexibility index (Phi) is 3.48. The minimum atomic E-state index is 0.247. The summed E-state index contributed by atoms with van der Waals surface area (Å²) >= 11 is 0. The van der Waals surface area contributed by atoms with Crippen molar-refractivity contribution in [2.45, 2.75) is 13.0 Å². The molecule has 0 radical (unpaired) electrons. The van der Waals surface area contributed by atoms with Crippen LogP contribution in [0.3, 0.4) is 0 Å². The van der Waals surface area contributed by atoms with Crippen molar-refractivity contribution in [1.82, 2.24) is 5.32 Å². The van der Waals surface area contributed by atoms with E-state index in [9.17, 15) is 4.79 Å². The maximum absolute atomic E-state index is 10.1. The SMILES string of the molecule is C[C@@H](NCC=O)c1ccccc1. The van der Waals surface area contributed by atoms with E-state index in [0.717, 1.165) is 6.29 Å². The minimum absolute atomic E-state index is 0.247. The van der Waals surface area contributed by atoms with Crippen molar-refractivity contribution in [2.75, 3.05) is 6.54 Å². The van der Waals surface area contributed by atoms with Crippen molar-refractivity contribution in [1.29, 1.82) is 0 Å². The molecule has 1 N–H and O–H groups in total. The molecule has 1 aromatic carbocycles. The molecular formula is C10H13NO. The number of carbonyl (C=O) groups is 1. The topological polar surface area (TPSA) is 29.1 Å². The van der Waals surface area contributed by atoms with Crippen molar-refractivity contribution >= 4 is 6.29 Å². The van der Waals surface area contributed by atoms with Gasteiger partial charge in [0.1, 0.15) is 6.29 Å². The van der Waals surface area contributed by atoms with Gasteiger partial charge in [-0.3, -0.25) is 0 Å². The predicted octanol–water partition coefficient (Wildman–Crippen LogP) is 1.54. The summed E-state index contributed by atoms with van der Waals surface area (Å²) in [6.07, 6.45) is 0.874. The summed E-state index contributed by atoms with van der Waals surface area (Å²) < 4.78 is 0. The number of hydrogen-bond acceptors (Lipinski definition) is 2. The van der Waals surface area contributed by atoms with Crippen molar-refractivity contribution in [2.24, 2.45) is 0 Å². The average molecular weight is 163 g/mol. The molecule has 0 heterocycles. The molecule has 0 aliphatic carbocycles. The van der Waals surface area contributed by atoms with Gasteiger partial charge >= 0.3 is 0 Å². The predicted molar refractivity (Wildman–Crippen MR) is 48.9 cm³/mol. The number of aldehydes is 1. The molecule has 1 aromatic rings. The molecule has 0 bridgehead atoms. The summed E-state index contributed by atoms with van der Waals surface area (Å²) in [5.74, 6) is 0. The third-order valence-electron chi connectivity index (χ3n) is 1.81. The van der Waals surface area contributed by atoms with Crippen LogP contribution in [0.15, 0.2) is 30.3 Å². The van der Waals surface area contributed by atoms with Gasteiger partial charge in [-0.15, -0.1) is 0 Å². The fourth-order valence-electron chi connectivity index (χ4n) is 1.08. The first-order chi connectivity index (χ1) is 5.84. The molecule has 0 unspecified atom stereocenters. The Hall–Kier alpha value is -1.15. The van der Waals surface area contributed by atoms with Crippen LogP contribution < -0.4 is 5.32 Å². The van der Waals surface area contributed by atoms with Gasteiger partial charge in [0.2, 0.25) is 0 Å². The third kappa shape index (κ3) is 2.47. The van der Waals surface area contributed by atoms with Gasteiger partial charge in [-0.2, -0.15) is 0 Å². The molecular weight excluding hydrogens is 150 g/mol. The lowest BCUT2D eigenvalue weighted by Gasteiger charge is -2.11. The maximum atomic E-state index is 10.1. The quantitative estimate of drug-likeness (QED) is 0.682. The van der Waals surface area contributed by atoms with E-state index in [0.29, 0.717) is 6.54 Å². The summed E-state index contributed by atoms with van der Waals surface area (Å²) in [7, 11) is 0. The van der Waals surface area contributed by atoms with Crippen molar-refractivity contribution in [3.05, 3.63) is 35.9 Å². The van der Waals surface area contributed by atoms with Gasteiger partial charge in [0, 0.05) is 6.04 Å². The first kappa shape index (κ1) is 8.94. The van der Waals surface area contributed by atoms with Gasteiger partial charge in [0.15, 0.2) is 0 Å². The smallest absolute Gasteiger partial charge is 0.133 e. The Morgan fingerprint density at radius 2 is 2.08 bits per heavy atom. The Morgan fingerprint density at radius 3 is 2.67 bits per heavy atom. The van der Waals surface area contributed by atoms with E-state index in [1.165, 1.54) is 5.56 Å². The first-order valence-corrected chi connectivity index (χ1v) is 4.06. The lowest BCUT2D eigenvalue weighted by Crippen LogP contribution is -2.20. The van der Waals surface area contributed by atoms with E-state index >= 15 is 0 Å². The molecule has 0 saturated heterocycles. The third-order valence-corrected chi connectivity index (χ3v) is 1.81. The van der Waals surface area contributed by atoms with Gasteiger partial charge in [0.05, 0.1) is 6.54 Å². The van der Waals surface area contributed by atoms with Crippen LogP contribution in [0.4, 0.5) is 0 Å². The largest absolute Gasteiger partial charge is 0.304 e. The lowest BCUT2D eigenvalue weighted by molar-refractivity contribution is -0.107.